The zero-order chi connectivity index (χ0) is 41.3. The van der Waals surface area contributed by atoms with Gasteiger partial charge in [-0.25, -0.2) is 0 Å². The second-order valence-corrected chi connectivity index (χ2v) is 16.2. The maximum atomic E-state index is 6.48. The summed E-state index contributed by atoms with van der Waals surface area (Å²) < 4.78 is 8.93. The van der Waals surface area contributed by atoms with E-state index < -0.39 is 0 Å². The Balaban J connectivity index is 1.12. The molecule has 1 aliphatic rings. The van der Waals surface area contributed by atoms with E-state index in [0.717, 1.165) is 83.5 Å². The highest BCUT2D eigenvalue weighted by Gasteiger charge is 2.23. The number of anilines is 2. The average Bonchev–Trinajstić information content (AvgIpc) is 3.86. The molecule has 11 aromatic rings. The summed E-state index contributed by atoms with van der Waals surface area (Å²) in [6.07, 6.45) is 4.45. The lowest BCUT2D eigenvalue weighted by Crippen LogP contribution is -2.15. The van der Waals surface area contributed by atoms with Crippen LogP contribution in [0.4, 0.5) is 11.4 Å². The first-order valence-corrected chi connectivity index (χ1v) is 21.2. The molecule has 292 valence electrons. The third-order valence-electron chi connectivity index (χ3n) is 12.7. The molecule has 2 aromatic heterocycles. The van der Waals surface area contributed by atoms with Crippen LogP contribution in [0.3, 0.4) is 0 Å². The van der Waals surface area contributed by atoms with Crippen molar-refractivity contribution in [3.05, 3.63) is 236 Å². The summed E-state index contributed by atoms with van der Waals surface area (Å²) in [6, 6.07) is 72.2. The topological polar surface area (TPSA) is 21.3 Å². The molecule has 0 aliphatic carbocycles. The predicted molar refractivity (Wildman–Crippen MR) is 262 cm³/mol. The van der Waals surface area contributed by atoms with Gasteiger partial charge in [-0.05, 0) is 106 Å². The van der Waals surface area contributed by atoms with Crippen molar-refractivity contribution in [2.24, 2.45) is 0 Å². The van der Waals surface area contributed by atoms with Gasteiger partial charge in [-0.1, -0.05) is 158 Å². The Hall–Kier alpha value is -8.14. The molecule has 3 heteroatoms. The van der Waals surface area contributed by atoms with Gasteiger partial charge < -0.3 is 13.9 Å². The Morgan fingerprint density at radius 1 is 0.419 bits per heavy atom. The molecular weight excluding hydrogens is 753 g/mol. The fraction of sp³-hybridized carbons (Fsp3) is 0.0169. The molecular formula is C59H40N2O. The van der Waals surface area contributed by atoms with E-state index in [1.807, 2.05) is 12.1 Å². The smallest absolute Gasteiger partial charge is 0.137 e. The fourth-order valence-corrected chi connectivity index (χ4v) is 9.71. The molecule has 0 fully saturated rings. The van der Waals surface area contributed by atoms with Crippen LogP contribution in [0.5, 0.6) is 0 Å². The lowest BCUT2D eigenvalue weighted by atomic mass is 9.87. The molecule has 9 aromatic carbocycles. The number of furan rings is 1. The third-order valence-corrected chi connectivity index (χ3v) is 12.7. The van der Waals surface area contributed by atoms with Crippen LogP contribution in [0.2, 0.25) is 0 Å². The first-order valence-electron chi connectivity index (χ1n) is 21.2. The molecule has 1 aliphatic heterocycles. The number of hydrogen-bond acceptors (Lipinski definition) is 2. The second-order valence-electron chi connectivity index (χ2n) is 16.2. The maximum absolute atomic E-state index is 6.48. The molecule has 0 radical (unpaired) electrons. The summed E-state index contributed by atoms with van der Waals surface area (Å²) in [6.45, 7) is 6.96. The highest BCUT2D eigenvalue weighted by Crippen LogP contribution is 2.46. The number of hydrogen-bond donors (Lipinski definition) is 0. The summed E-state index contributed by atoms with van der Waals surface area (Å²) in [5.74, 6) is 0. The van der Waals surface area contributed by atoms with Gasteiger partial charge >= 0.3 is 0 Å². The Kier molecular flexibility index (Phi) is 8.23. The SMILES string of the molecule is C=C1C(c2ccccc2)=CC=C(C)N(c2ccc3c(c2)oc2ccccc23)c2ccccc2-c2cc1ccc2-c1ccc2c3ccccc3n(-c3cccc4ccccc34)c2c1. The molecule has 2 bridgehead atoms. The summed E-state index contributed by atoms with van der Waals surface area (Å²) in [5, 5.41) is 7.11. The zero-order valence-corrected chi connectivity index (χ0v) is 34.2. The largest absolute Gasteiger partial charge is 0.456 e. The fourth-order valence-electron chi connectivity index (χ4n) is 9.71. The van der Waals surface area contributed by atoms with Crippen LogP contribution in [-0.2, 0) is 0 Å². The molecule has 0 saturated carbocycles. The van der Waals surface area contributed by atoms with Crippen LogP contribution >= 0.6 is 0 Å². The van der Waals surface area contributed by atoms with Crippen molar-refractivity contribution in [2.45, 2.75) is 6.92 Å². The lowest BCUT2D eigenvalue weighted by molar-refractivity contribution is 0.669. The van der Waals surface area contributed by atoms with Crippen LogP contribution in [0, 0.1) is 0 Å². The number of fused-ring (bicyclic) bond motifs is 11. The van der Waals surface area contributed by atoms with E-state index >= 15 is 0 Å². The first kappa shape index (κ1) is 35.8. The highest BCUT2D eigenvalue weighted by atomic mass is 16.3. The van der Waals surface area contributed by atoms with E-state index in [4.69, 9.17) is 11.0 Å². The Labute approximate surface area is 360 Å². The van der Waals surface area contributed by atoms with Crippen LogP contribution in [-0.4, -0.2) is 4.57 Å². The number of allylic oxidation sites excluding steroid dienone is 5. The minimum atomic E-state index is 0.856. The number of nitrogens with zero attached hydrogens (tertiary/aromatic N) is 2. The van der Waals surface area contributed by atoms with Gasteiger partial charge in [0.2, 0.25) is 0 Å². The molecule has 12 rings (SSSR count). The van der Waals surface area contributed by atoms with Gasteiger partial charge in [-0.15, -0.1) is 0 Å². The average molecular weight is 793 g/mol. The van der Waals surface area contributed by atoms with Gasteiger partial charge in [0.25, 0.3) is 0 Å². The van der Waals surface area contributed by atoms with Crippen molar-refractivity contribution in [1.82, 2.24) is 4.57 Å². The minimum Gasteiger partial charge on any atom is -0.456 e. The van der Waals surface area contributed by atoms with Crippen molar-refractivity contribution < 1.29 is 4.42 Å². The normalized spacial score (nSPS) is 13.1. The molecule has 0 saturated heterocycles. The standard InChI is InChI=1S/C59H40N2O/c1-38-27-31-45(40-15-4-3-5-16-40)39(2)42-28-32-46(43-29-33-50-48-20-8-12-24-56(48)61(57(50)36-43)54-25-14-18-41-17-6-7-19-47(41)54)53(35-42)49-21-9-11-23-55(49)60(38)44-30-34-52-51-22-10-13-26-58(51)62-59(52)37-44/h3-37H,2H2,1H3. The lowest BCUT2D eigenvalue weighted by Gasteiger charge is -2.29. The van der Waals surface area contributed by atoms with Crippen molar-refractivity contribution in [1.29, 1.82) is 0 Å². The molecule has 0 unspecified atom stereocenters. The van der Waals surface area contributed by atoms with Crippen LogP contribution in [0.25, 0.3) is 93.6 Å². The van der Waals surface area contributed by atoms with Crippen molar-refractivity contribution in [3.8, 4) is 27.9 Å². The Bertz CT molecular complexity index is 3670. The number of benzene rings is 9. The summed E-state index contributed by atoms with van der Waals surface area (Å²) >= 11 is 0. The summed E-state index contributed by atoms with van der Waals surface area (Å²) in [5.41, 5.74) is 17.2. The first-order chi connectivity index (χ1) is 30.6. The molecule has 0 atom stereocenters. The van der Waals surface area contributed by atoms with Crippen molar-refractivity contribution in [2.75, 3.05) is 4.90 Å². The molecule has 0 N–H and O–H groups in total. The van der Waals surface area contributed by atoms with Gasteiger partial charge in [-0.3, -0.25) is 0 Å². The van der Waals surface area contributed by atoms with Crippen LogP contribution in [0.15, 0.2) is 229 Å². The number of para-hydroxylation sites is 3. The van der Waals surface area contributed by atoms with E-state index in [0.29, 0.717) is 0 Å². The predicted octanol–water partition coefficient (Wildman–Crippen LogP) is 16.3. The summed E-state index contributed by atoms with van der Waals surface area (Å²) in [7, 11) is 0. The molecule has 0 amide bonds. The highest BCUT2D eigenvalue weighted by molar-refractivity contribution is 6.13. The minimum absolute atomic E-state index is 0.856. The van der Waals surface area contributed by atoms with Crippen molar-refractivity contribution >= 4 is 77.0 Å². The van der Waals surface area contributed by atoms with Gasteiger partial charge in [0.05, 0.1) is 22.4 Å². The summed E-state index contributed by atoms with van der Waals surface area (Å²) in [4.78, 5) is 2.37. The third kappa shape index (κ3) is 5.67. The van der Waals surface area contributed by atoms with Gasteiger partial charge in [0.1, 0.15) is 11.2 Å². The molecule has 62 heavy (non-hydrogen) atoms. The number of rotatable bonds is 4. The van der Waals surface area contributed by atoms with Gasteiger partial charge in [-0.2, -0.15) is 0 Å². The van der Waals surface area contributed by atoms with Gasteiger partial charge in [0.15, 0.2) is 0 Å². The van der Waals surface area contributed by atoms with Gasteiger partial charge in [0, 0.05) is 49.9 Å². The zero-order valence-electron chi connectivity index (χ0n) is 34.2. The maximum Gasteiger partial charge on any atom is 0.137 e. The van der Waals surface area contributed by atoms with E-state index in [9.17, 15) is 0 Å². The van der Waals surface area contributed by atoms with E-state index in [2.05, 4.69) is 217 Å². The second kappa shape index (κ2) is 14.3. The Morgan fingerprint density at radius 2 is 1.10 bits per heavy atom. The molecule has 3 heterocycles. The van der Waals surface area contributed by atoms with E-state index in [-0.39, 0.29) is 0 Å². The van der Waals surface area contributed by atoms with Crippen molar-refractivity contribution in [3.63, 3.8) is 0 Å². The van der Waals surface area contributed by atoms with E-state index in [1.165, 1.54) is 38.3 Å². The molecule has 0 spiro atoms. The Morgan fingerprint density at radius 3 is 2.00 bits per heavy atom. The number of aromatic nitrogens is 1. The van der Waals surface area contributed by atoms with Crippen LogP contribution in [0.1, 0.15) is 18.1 Å². The van der Waals surface area contributed by atoms with E-state index in [1.54, 1.807) is 0 Å². The van der Waals surface area contributed by atoms with Crippen LogP contribution < -0.4 is 4.90 Å². The molecule has 3 nitrogen and oxygen atoms in total. The monoisotopic (exact) mass is 792 g/mol. The quantitative estimate of drug-likeness (QED) is 0.177.